The number of nitrogens with one attached hydrogen (secondary N) is 1. The fraction of sp³-hybridized carbons (Fsp3) is 0.182. The summed E-state index contributed by atoms with van der Waals surface area (Å²) in [5.41, 5.74) is 1.12. The van der Waals surface area contributed by atoms with Crippen LogP contribution in [0.5, 0.6) is 0 Å². The first-order chi connectivity index (χ1) is 6.84. The standard InChI is InChI=1S/C11H11NO2/c13-11-12-10(8-14-11)7-6-9-4-2-1-3-5-9/h1-7,10H,8H2,(H,12,13)/b7-6+/t10-/m1/s1. The van der Waals surface area contributed by atoms with Crippen LogP contribution in [0.25, 0.3) is 6.08 Å². The molecule has 72 valence electrons. The highest BCUT2D eigenvalue weighted by Gasteiger charge is 2.18. The number of ether oxygens (including phenoxy) is 1. The van der Waals surface area contributed by atoms with E-state index in [1.165, 1.54) is 0 Å². The van der Waals surface area contributed by atoms with Crippen LogP contribution in [0.1, 0.15) is 5.56 Å². The number of carbonyl (C=O) groups excluding carboxylic acids is 1. The third kappa shape index (κ3) is 2.13. The molecule has 1 atom stereocenters. The molecule has 1 N–H and O–H groups in total. The number of carbonyl (C=O) groups is 1. The molecule has 0 spiro atoms. The largest absolute Gasteiger partial charge is 0.447 e. The highest BCUT2D eigenvalue weighted by atomic mass is 16.6. The second-order valence-electron chi connectivity index (χ2n) is 3.12. The van der Waals surface area contributed by atoms with Gasteiger partial charge in [0.25, 0.3) is 0 Å². The van der Waals surface area contributed by atoms with Crippen LogP contribution in [0.2, 0.25) is 0 Å². The zero-order valence-corrected chi connectivity index (χ0v) is 7.64. The SMILES string of the molecule is O=C1N[C@H](/C=C/c2ccccc2)CO1. The Balaban J connectivity index is 1.97. The van der Waals surface area contributed by atoms with E-state index in [1.54, 1.807) is 0 Å². The molecule has 1 fully saturated rings. The van der Waals surface area contributed by atoms with Crippen molar-refractivity contribution in [3.8, 4) is 0 Å². The molecule has 0 saturated carbocycles. The van der Waals surface area contributed by atoms with Crippen molar-refractivity contribution in [2.24, 2.45) is 0 Å². The molecule has 0 radical (unpaired) electrons. The predicted octanol–water partition coefficient (Wildman–Crippen LogP) is 1.81. The zero-order chi connectivity index (χ0) is 9.80. The topological polar surface area (TPSA) is 38.3 Å². The van der Waals surface area contributed by atoms with Gasteiger partial charge in [0.2, 0.25) is 0 Å². The molecular formula is C11H11NO2. The van der Waals surface area contributed by atoms with E-state index in [0.717, 1.165) is 5.56 Å². The van der Waals surface area contributed by atoms with Crippen molar-refractivity contribution in [3.05, 3.63) is 42.0 Å². The Morgan fingerprint density at radius 3 is 2.79 bits per heavy atom. The minimum Gasteiger partial charge on any atom is -0.447 e. The van der Waals surface area contributed by atoms with E-state index in [1.807, 2.05) is 42.5 Å². The van der Waals surface area contributed by atoms with Gasteiger partial charge in [-0.15, -0.1) is 0 Å². The van der Waals surface area contributed by atoms with Gasteiger partial charge < -0.3 is 10.1 Å². The quantitative estimate of drug-likeness (QED) is 0.770. The minimum absolute atomic E-state index is 0.00251. The summed E-state index contributed by atoms with van der Waals surface area (Å²) in [6, 6.07) is 9.94. The summed E-state index contributed by atoms with van der Waals surface area (Å²) < 4.78 is 4.75. The van der Waals surface area contributed by atoms with Crippen molar-refractivity contribution < 1.29 is 9.53 Å². The molecule has 1 aliphatic rings. The molecule has 3 heteroatoms. The van der Waals surface area contributed by atoms with E-state index in [-0.39, 0.29) is 12.1 Å². The molecule has 1 aromatic carbocycles. The Kier molecular flexibility index (Phi) is 2.49. The maximum Gasteiger partial charge on any atom is 0.407 e. The average molecular weight is 189 g/mol. The number of alkyl carbamates (subject to hydrolysis) is 1. The van der Waals surface area contributed by atoms with Gasteiger partial charge in [-0.1, -0.05) is 42.5 Å². The fourth-order valence-electron chi connectivity index (χ4n) is 1.30. The van der Waals surface area contributed by atoms with Gasteiger partial charge in [-0.3, -0.25) is 0 Å². The minimum atomic E-state index is -0.340. The monoisotopic (exact) mass is 189 g/mol. The summed E-state index contributed by atoms with van der Waals surface area (Å²) in [7, 11) is 0. The average Bonchev–Trinajstić information content (AvgIpc) is 2.63. The molecule has 2 rings (SSSR count). The number of benzene rings is 1. The van der Waals surface area contributed by atoms with Gasteiger partial charge in [0, 0.05) is 0 Å². The second-order valence-corrected chi connectivity index (χ2v) is 3.12. The Morgan fingerprint density at radius 2 is 2.14 bits per heavy atom. The van der Waals surface area contributed by atoms with Crippen molar-refractivity contribution in [3.63, 3.8) is 0 Å². The molecule has 1 amide bonds. The number of amides is 1. The summed E-state index contributed by atoms with van der Waals surface area (Å²) in [4.78, 5) is 10.7. The first-order valence-corrected chi connectivity index (χ1v) is 4.51. The predicted molar refractivity (Wildman–Crippen MR) is 53.7 cm³/mol. The molecule has 0 aliphatic carbocycles. The summed E-state index contributed by atoms with van der Waals surface area (Å²) in [5, 5.41) is 2.68. The van der Waals surface area contributed by atoms with Gasteiger partial charge in [-0.25, -0.2) is 4.79 Å². The molecule has 1 saturated heterocycles. The van der Waals surface area contributed by atoms with Crippen LogP contribution >= 0.6 is 0 Å². The third-order valence-corrected chi connectivity index (χ3v) is 2.02. The van der Waals surface area contributed by atoms with Crippen LogP contribution in [0.15, 0.2) is 36.4 Å². The van der Waals surface area contributed by atoms with Gasteiger partial charge in [-0.2, -0.15) is 0 Å². The summed E-state index contributed by atoms with van der Waals surface area (Å²) >= 11 is 0. The van der Waals surface area contributed by atoms with Crippen molar-refractivity contribution in [2.45, 2.75) is 6.04 Å². The summed E-state index contributed by atoms with van der Waals surface area (Å²) in [6.07, 6.45) is 3.56. The number of hydrogen-bond donors (Lipinski definition) is 1. The van der Waals surface area contributed by atoms with Gasteiger partial charge in [0.15, 0.2) is 0 Å². The Bertz CT molecular complexity index is 346. The first kappa shape index (κ1) is 8.81. The number of hydrogen-bond acceptors (Lipinski definition) is 2. The maximum atomic E-state index is 10.7. The lowest BCUT2D eigenvalue weighted by Crippen LogP contribution is -2.23. The van der Waals surface area contributed by atoms with Gasteiger partial charge in [-0.05, 0) is 5.56 Å². The van der Waals surface area contributed by atoms with Crippen molar-refractivity contribution in [2.75, 3.05) is 6.61 Å². The summed E-state index contributed by atoms with van der Waals surface area (Å²) in [5.74, 6) is 0. The molecule has 1 aliphatic heterocycles. The van der Waals surface area contributed by atoms with E-state index in [0.29, 0.717) is 6.61 Å². The van der Waals surface area contributed by atoms with E-state index >= 15 is 0 Å². The molecule has 14 heavy (non-hydrogen) atoms. The smallest absolute Gasteiger partial charge is 0.407 e. The van der Waals surface area contributed by atoms with Crippen LogP contribution in [0, 0.1) is 0 Å². The van der Waals surface area contributed by atoms with E-state index < -0.39 is 0 Å². The highest BCUT2D eigenvalue weighted by molar-refractivity contribution is 5.70. The highest BCUT2D eigenvalue weighted by Crippen LogP contribution is 2.04. The van der Waals surface area contributed by atoms with E-state index in [9.17, 15) is 4.79 Å². The molecule has 0 aromatic heterocycles. The van der Waals surface area contributed by atoms with E-state index in [4.69, 9.17) is 4.74 Å². The maximum absolute atomic E-state index is 10.7. The van der Waals surface area contributed by atoms with Crippen LogP contribution in [-0.2, 0) is 4.74 Å². The van der Waals surface area contributed by atoms with Gasteiger partial charge in [0.1, 0.15) is 6.61 Å². The fourth-order valence-corrected chi connectivity index (χ4v) is 1.30. The van der Waals surface area contributed by atoms with Crippen molar-refractivity contribution >= 4 is 12.2 Å². The normalized spacial score (nSPS) is 20.9. The van der Waals surface area contributed by atoms with Crippen LogP contribution in [0.3, 0.4) is 0 Å². The van der Waals surface area contributed by atoms with Crippen LogP contribution in [-0.4, -0.2) is 18.7 Å². The van der Waals surface area contributed by atoms with Crippen molar-refractivity contribution in [1.29, 1.82) is 0 Å². The Morgan fingerprint density at radius 1 is 1.36 bits per heavy atom. The second kappa shape index (κ2) is 3.96. The van der Waals surface area contributed by atoms with Gasteiger partial charge >= 0.3 is 6.09 Å². The Hall–Kier alpha value is -1.77. The first-order valence-electron chi connectivity index (χ1n) is 4.51. The molecule has 0 unspecified atom stereocenters. The van der Waals surface area contributed by atoms with Crippen LogP contribution in [0.4, 0.5) is 4.79 Å². The lowest BCUT2D eigenvalue weighted by Gasteiger charge is -1.98. The summed E-state index contributed by atoms with van der Waals surface area (Å²) in [6.45, 7) is 0.419. The lowest BCUT2D eigenvalue weighted by molar-refractivity contribution is 0.177. The number of cyclic esters (lactones) is 1. The molecule has 1 heterocycles. The van der Waals surface area contributed by atoms with Crippen LogP contribution < -0.4 is 5.32 Å². The molecule has 0 bridgehead atoms. The zero-order valence-electron chi connectivity index (χ0n) is 7.64. The third-order valence-electron chi connectivity index (χ3n) is 2.02. The van der Waals surface area contributed by atoms with Gasteiger partial charge in [0.05, 0.1) is 6.04 Å². The molecule has 3 nitrogen and oxygen atoms in total. The molecular weight excluding hydrogens is 178 g/mol. The van der Waals surface area contributed by atoms with E-state index in [2.05, 4.69) is 5.32 Å². The Labute approximate surface area is 82.4 Å². The lowest BCUT2D eigenvalue weighted by atomic mass is 10.2. The van der Waals surface area contributed by atoms with Crippen molar-refractivity contribution in [1.82, 2.24) is 5.32 Å². The molecule has 1 aromatic rings. The number of rotatable bonds is 2.